The first-order valence-corrected chi connectivity index (χ1v) is 7.12. The summed E-state index contributed by atoms with van der Waals surface area (Å²) < 4.78 is 0. The maximum absolute atomic E-state index is 4.51. The van der Waals surface area contributed by atoms with E-state index in [-0.39, 0.29) is 0 Å². The molecular weight excluding hydrogens is 220 g/mol. The molecule has 3 atom stereocenters. The first-order valence-electron chi connectivity index (χ1n) is 7.12. The molecule has 18 heavy (non-hydrogen) atoms. The number of rotatable bonds is 2. The van der Waals surface area contributed by atoms with Gasteiger partial charge in [0.05, 0.1) is 0 Å². The van der Waals surface area contributed by atoms with E-state index in [1.807, 2.05) is 12.3 Å². The zero-order valence-electron chi connectivity index (χ0n) is 12.0. The summed E-state index contributed by atoms with van der Waals surface area (Å²) in [4.78, 5) is 4.51. The van der Waals surface area contributed by atoms with Crippen LogP contribution in [0.15, 0.2) is 18.3 Å². The van der Waals surface area contributed by atoms with Crippen molar-refractivity contribution in [1.82, 2.24) is 4.98 Å². The fourth-order valence-corrected chi connectivity index (χ4v) is 4.44. The average molecular weight is 244 g/mol. The molecule has 1 aromatic rings. The number of aromatic nitrogens is 1. The monoisotopic (exact) mass is 244 g/mol. The molecule has 0 aromatic carbocycles. The van der Waals surface area contributed by atoms with E-state index in [0.717, 1.165) is 11.7 Å². The zero-order valence-corrected chi connectivity index (χ0v) is 12.0. The Bertz CT molecular complexity index is 461. The van der Waals surface area contributed by atoms with Crippen molar-refractivity contribution in [1.29, 1.82) is 0 Å². The Kier molecular flexibility index (Phi) is 2.48. The van der Waals surface area contributed by atoms with Crippen LogP contribution in [-0.2, 0) is 0 Å². The van der Waals surface area contributed by atoms with Crippen molar-refractivity contribution in [2.75, 3.05) is 5.32 Å². The topological polar surface area (TPSA) is 24.9 Å². The molecule has 2 heteroatoms. The molecule has 3 unspecified atom stereocenters. The van der Waals surface area contributed by atoms with Crippen LogP contribution >= 0.6 is 0 Å². The maximum Gasteiger partial charge on any atom is 0.129 e. The van der Waals surface area contributed by atoms with Crippen molar-refractivity contribution in [2.45, 2.75) is 53.0 Å². The van der Waals surface area contributed by atoms with Gasteiger partial charge in [0.25, 0.3) is 0 Å². The van der Waals surface area contributed by atoms with Crippen LogP contribution in [-0.4, -0.2) is 11.0 Å². The molecule has 0 aliphatic heterocycles. The van der Waals surface area contributed by atoms with Crippen molar-refractivity contribution < 1.29 is 0 Å². The van der Waals surface area contributed by atoms with Crippen LogP contribution in [0.5, 0.6) is 0 Å². The predicted octanol–water partition coefficient (Wildman–Crippen LogP) is 4.02. The van der Waals surface area contributed by atoms with E-state index in [1.165, 1.54) is 24.8 Å². The Morgan fingerprint density at radius 3 is 2.72 bits per heavy atom. The Hall–Kier alpha value is -1.05. The highest BCUT2D eigenvalue weighted by Crippen LogP contribution is 2.63. The average Bonchev–Trinajstić information content (AvgIpc) is 2.78. The number of anilines is 1. The van der Waals surface area contributed by atoms with Crippen molar-refractivity contribution in [3.8, 4) is 0 Å². The van der Waals surface area contributed by atoms with E-state index in [4.69, 9.17) is 0 Å². The van der Waals surface area contributed by atoms with E-state index in [0.29, 0.717) is 16.9 Å². The summed E-state index contributed by atoms with van der Waals surface area (Å²) in [5.74, 6) is 1.95. The number of fused-ring (bicyclic) bond motifs is 2. The first kappa shape index (κ1) is 12.0. The lowest BCUT2D eigenvalue weighted by molar-refractivity contribution is 0.155. The second kappa shape index (κ2) is 3.72. The van der Waals surface area contributed by atoms with Gasteiger partial charge in [-0.1, -0.05) is 26.8 Å². The minimum atomic E-state index is 0.386. The molecule has 0 saturated heterocycles. The molecule has 2 saturated carbocycles. The van der Waals surface area contributed by atoms with Crippen molar-refractivity contribution in [3.05, 3.63) is 23.9 Å². The Balaban J connectivity index is 1.91. The van der Waals surface area contributed by atoms with Crippen molar-refractivity contribution in [2.24, 2.45) is 16.7 Å². The van der Waals surface area contributed by atoms with E-state index in [9.17, 15) is 0 Å². The fraction of sp³-hybridized carbons (Fsp3) is 0.688. The second-order valence-electron chi connectivity index (χ2n) is 7.16. The first-order chi connectivity index (χ1) is 8.43. The molecule has 2 fully saturated rings. The summed E-state index contributed by atoms with van der Waals surface area (Å²) in [6.07, 6.45) is 6.04. The summed E-state index contributed by atoms with van der Waals surface area (Å²) in [5, 5.41) is 3.76. The summed E-state index contributed by atoms with van der Waals surface area (Å²) in [7, 11) is 0. The maximum atomic E-state index is 4.51. The highest BCUT2D eigenvalue weighted by atomic mass is 15.1. The lowest BCUT2D eigenvalue weighted by atomic mass is 9.68. The van der Waals surface area contributed by atoms with Crippen LogP contribution < -0.4 is 5.32 Å². The van der Waals surface area contributed by atoms with Gasteiger partial charge in [0, 0.05) is 12.2 Å². The van der Waals surface area contributed by atoms with E-state index in [2.05, 4.69) is 44.1 Å². The molecule has 3 rings (SSSR count). The van der Waals surface area contributed by atoms with Gasteiger partial charge in [0.1, 0.15) is 5.82 Å². The van der Waals surface area contributed by atoms with Gasteiger partial charge in [-0.05, 0) is 54.6 Å². The van der Waals surface area contributed by atoms with Crippen LogP contribution in [0.25, 0.3) is 0 Å². The summed E-state index contributed by atoms with van der Waals surface area (Å²) in [6.45, 7) is 9.45. The smallest absolute Gasteiger partial charge is 0.129 e. The zero-order chi connectivity index (χ0) is 13.0. The van der Waals surface area contributed by atoms with Crippen LogP contribution in [0.2, 0.25) is 0 Å². The van der Waals surface area contributed by atoms with Crippen LogP contribution in [0, 0.1) is 23.7 Å². The number of nitrogens with zero attached hydrogens (tertiary/aromatic N) is 1. The molecule has 2 aliphatic rings. The number of hydrogen-bond acceptors (Lipinski definition) is 2. The van der Waals surface area contributed by atoms with Crippen LogP contribution in [0.1, 0.15) is 45.6 Å². The van der Waals surface area contributed by atoms with E-state index in [1.54, 1.807) is 0 Å². The van der Waals surface area contributed by atoms with Gasteiger partial charge in [0.15, 0.2) is 0 Å². The van der Waals surface area contributed by atoms with Gasteiger partial charge < -0.3 is 5.32 Å². The van der Waals surface area contributed by atoms with Crippen LogP contribution in [0.3, 0.4) is 0 Å². The molecule has 1 heterocycles. The molecule has 1 N–H and O–H groups in total. The van der Waals surface area contributed by atoms with Crippen molar-refractivity contribution >= 4 is 5.82 Å². The summed E-state index contributed by atoms with van der Waals surface area (Å²) in [5.41, 5.74) is 2.09. The number of hydrogen-bond donors (Lipinski definition) is 1. The summed E-state index contributed by atoms with van der Waals surface area (Å²) in [6, 6.07) is 4.70. The standard InChI is InChI=1S/C16H24N2/c1-11-6-5-9-17-13(11)18-14-15(2,3)12-7-8-16(14,4)10-12/h5-6,9,12,14H,7-8,10H2,1-4H3,(H,17,18). The normalized spacial score (nSPS) is 36.9. The largest absolute Gasteiger partial charge is 0.366 e. The molecule has 0 amide bonds. The molecule has 2 bridgehead atoms. The molecule has 0 radical (unpaired) electrons. The minimum Gasteiger partial charge on any atom is -0.366 e. The Morgan fingerprint density at radius 1 is 1.33 bits per heavy atom. The molecule has 2 nitrogen and oxygen atoms in total. The molecule has 0 spiro atoms. The molecular formula is C16H24N2. The Morgan fingerprint density at radius 2 is 2.11 bits per heavy atom. The SMILES string of the molecule is Cc1cccnc1NC1C2(C)CCC(C2)C1(C)C. The van der Waals surface area contributed by atoms with Gasteiger partial charge in [-0.2, -0.15) is 0 Å². The quantitative estimate of drug-likeness (QED) is 0.850. The Labute approximate surface area is 110 Å². The number of pyridine rings is 1. The number of nitrogens with one attached hydrogen (secondary N) is 1. The molecule has 2 aliphatic carbocycles. The van der Waals surface area contributed by atoms with Crippen molar-refractivity contribution in [3.63, 3.8) is 0 Å². The highest BCUT2D eigenvalue weighted by molar-refractivity contribution is 5.45. The lowest BCUT2D eigenvalue weighted by Gasteiger charge is -2.43. The fourth-order valence-electron chi connectivity index (χ4n) is 4.44. The van der Waals surface area contributed by atoms with Gasteiger partial charge in [-0.25, -0.2) is 4.98 Å². The third kappa shape index (κ3) is 1.58. The van der Waals surface area contributed by atoms with Gasteiger partial charge >= 0.3 is 0 Å². The minimum absolute atomic E-state index is 0.386. The van der Waals surface area contributed by atoms with E-state index >= 15 is 0 Å². The lowest BCUT2D eigenvalue weighted by Crippen LogP contribution is -2.46. The third-order valence-electron chi connectivity index (χ3n) is 5.56. The summed E-state index contributed by atoms with van der Waals surface area (Å²) >= 11 is 0. The predicted molar refractivity (Wildman–Crippen MR) is 75.6 cm³/mol. The second-order valence-corrected chi connectivity index (χ2v) is 7.16. The number of aryl methyl sites for hydroxylation is 1. The molecule has 1 aromatic heterocycles. The van der Waals surface area contributed by atoms with Gasteiger partial charge in [-0.15, -0.1) is 0 Å². The molecule has 98 valence electrons. The van der Waals surface area contributed by atoms with Gasteiger partial charge in [-0.3, -0.25) is 0 Å². The third-order valence-corrected chi connectivity index (χ3v) is 5.56. The van der Waals surface area contributed by atoms with Crippen LogP contribution in [0.4, 0.5) is 5.82 Å². The highest BCUT2D eigenvalue weighted by Gasteiger charge is 2.59. The van der Waals surface area contributed by atoms with E-state index < -0.39 is 0 Å². The van der Waals surface area contributed by atoms with Gasteiger partial charge in [0.2, 0.25) is 0 Å².